The average Bonchev–Trinajstić information content (AvgIpc) is 3.11. The van der Waals surface area contributed by atoms with Crippen molar-refractivity contribution in [3.8, 4) is 5.75 Å². The smallest absolute Gasteiger partial charge is 0.118 e. The average molecular weight is 343 g/mol. The van der Waals surface area contributed by atoms with Crippen molar-refractivity contribution in [2.75, 3.05) is 20.3 Å². The van der Waals surface area contributed by atoms with E-state index in [-0.39, 0.29) is 11.0 Å². The second kappa shape index (κ2) is 7.63. The van der Waals surface area contributed by atoms with Gasteiger partial charge in [0.15, 0.2) is 0 Å². The first-order chi connectivity index (χ1) is 12.0. The van der Waals surface area contributed by atoms with Gasteiger partial charge in [-0.1, -0.05) is 12.1 Å². The van der Waals surface area contributed by atoms with Crippen LogP contribution in [0.3, 0.4) is 0 Å². The first-order valence-corrected chi connectivity index (χ1v) is 9.05. The largest absolute Gasteiger partial charge is 0.497 e. The molecule has 1 aromatic carbocycles. The molecule has 1 atom stereocenters. The van der Waals surface area contributed by atoms with E-state index in [1.54, 1.807) is 13.4 Å². The van der Waals surface area contributed by atoms with E-state index in [2.05, 4.69) is 43.4 Å². The van der Waals surface area contributed by atoms with Crippen LogP contribution in [0.5, 0.6) is 5.75 Å². The molecule has 1 N–H and O–H groups in total. The Morgan fingerprint density at radius 1 is 1.16 bits per heavy atom. The molecule has 1 saturated heterocycles. The molecular formula is C21H29NO3. The van der Waals surface area contributed by atoms with Crippen molar-refractivity contribution in [1.29, 1.82) is 0 Å². The van der Waals surface area contributed by atoms with Crippen LogP contribution in [0.15, 0.2) is 47.1 Å². The van der Waals surface area contributed by atoms with E-state index in [0.29, 0.717) is 0 Å². The third kappa shape index (κ3) is 4.44. The summed E-state index contributed by atoms with van der Waals surface area (Å²) in [6.07, 6.45) is 4.86. The minimum Gasteiger partial charge on any atom is -0.497 e. The molecule has 0 radical (unpaired) electrons. The summed E-state index contributed by atoms with van der Waals surface area (Å²) in [5.41, 5.74) is 1.41. The van der Waals surface area contributed by atoms with E-state index in [9.17, 15) is 0 Å². The van der Waals surface area contributed by atoms with Gasteiger partial charge in [0.1, 0.15) is 11.5 Å². The second-order valence-corrected chi connectivity index (χ2v) is 7.55. The van der Waals surface area contributed by atoms with Crippen LogP contribution in [0.4, 0.5) is 0 Å². The third-order valence-electron chi connectivity index (χ3n) is 5.20. The number of nitrogens with one attached hydrogen (secondary N) is 1. The fourth-order valence-electron chi connectivity index (χ4n) is 3.98. The van der Waals surface area contributed by atoms with Crippen LogP contribution in [0.2, 0.25) is 0 Å². The quantitative estimate of drug-likeness (QED) is 0.762. The van der Waals surface area contributed by atoms with Gasteiger partial charge in [0.25, 0.3) is 0 Å². The minimum atomic E-state index is -0.0980. The molecule has 1 aliphatic rings. The minimum absolute atomic E-state index is 0.0980. The molecule has 136 valence electrons. The number of rotatable bonds is 7. The first kappa shape index (κ1) is 18.0. The highest BCUT2D eigenvalue weighted by Crippen LogP contribution is 2.44. The van der Waals surface area contributed by atoms with E-state index in [1.165, 1.54) is 5.56 Å². The van der Waals surface area contributed by atoms with Crippen molar-refractivity contribution in [2.24, 2.45) is 0 Å². The van der Waals surface area contributed by atoms with Crippen molar-refractivity contribution < 1.29 is 13.9 Å². The summed E-state index contributed by atoms with van der Waals surface area (Å²) in [7, 11) is 1.71. The van der Waals surface area contributed by atoms with Gasteiger partial charge in [-0.2, -0.15) is 0 Å². The number of hydrogen-bond donors (Lipinski definition) is 1. The van der Waals surface area contributed by atoms with Crippen molar-refractivity contribution in [3.05, 3.63) is 54.0 Å². The monoisotopic (exact) mass is 343 g/mol. The van der Waals surface area contributed by atoms with E-state index in [0.717, 1.165) is 50.5 Å². The molecule has 1 aromatic heterocycles. The van der Waals surface area contributed by atoms with Gasteiger partial charge in [0.2, 0.25) is 0 Å². The number of methoxy groups -OCH3 is 1. The Hall–Kier alpha value is -1.78. The van der Waals surface area contributed by atoms with Gasteiger partial charge in [0, 0.05) is 12.0 Å². The van der Waals surface area contributed by atoms with Crippen LogP contribution in [0.1, 0.15) is 44.4 Å². The molecule has 3 rings (SSSR count). The third-order valence-corrected chi connectivity index (χ3v) is 5.20. The van der Waals surface area contributed by atoms with Gasteiger partial charge in [-0.3, -0.25) is 0 Å². The van der Waals surface area contributed by atoms with Crippen LogP contribution in [0, 0.1) is 0 Å². The van der Waals surface area contributed by atoms with Crippen molar-refractivity contribution in [1.82, 2.24) is 5.32 Å². The molecular weight excluding hydrogens is 314 g/mol. The second-order valence-electron chi connectivity index (χ2n) is 7.55. The highest BCUT2D eigenvalue weighted by atomic mass is 16.5. The lowest BCUT2D eigenvalue weighted by Gasteiger charge is -2.45. The summed E-state index contributed by atoms with van der Waals surface area (Å²) in [4.78, 5) is 0. The zero-order valence-electron chi connectivity index (χ0n) is 15.5. The van der Waals surface area contributed by atoms with E-state index in [1.807, 2.05) is 12.1 Å². The molecule has 1 fully saturated rings. The summed E-state index contributed by atoms with van der Waals surface area (Å²) < 4.78 is 16.7. The van der Waals surface area contributed by atoms with Gasteiger partial charge in [-0.05, 0) is 69.5 Å². The van der Waals surface area contributed by atoms with Crippen LogP contribution in [-0.4, -0.2) is 25.9 Å². The van der Waals surface area contributed by atoms with E-state index < -0.39 is 0 Å². The number of furan rings is 1. The Labute approximate surface area is 150 Å². The zero-order valence-corrected chi connectivity index (χ0v) is 15.5. The molecule has 2 heterocycles. The lowest BCUT2D eigenvalue weighted by Crippen LogP contribution is -2.45. The Bertz CT molecular complexity index is 648. The summed E-state index contributed by atoms with van der Waals surface area (Å²) in [5, 5.41) is 3.52. The van der Waals surface area contributed by atoms with Crippen LogP contribution in [-0.2, 0) is 16.7 Å². The molecule has 2 aromatic rings. The van der Waals surface area contributed by atoms with Gasteiger partial charge in [0.05, 0.1) is 25.5 Å². The zero-order chi connectivity index (χ0) is 17.8. The van der Waals surface area contributed by atoms with Crippen LogP contribution >= 0.6 is 0 Å². The Morgan fingerprint density at radius 3 is 2.60 bits per heavy atom. The molecule has 0 bridgehead atoms. The first-order valence-electron chi connectivity index (χ1n) is 9.05. The highest BCUT2D eigenvalue weighted by Gasteiger charge is 2.41. The Kier molecular flexibility index (Phi) is 5.50. The molecule has 1 aliphatic heterocycles. The SMILES string of the molecule is COc1ccc(C2(CCNCc3ccco3)CCOC(C)(C)C2)cc1. The van der Waals surface area contributed by atoms with Crippen LogP contribution in [0.25, 0.3) is 0 Å². The molecule has 0 spiro atoms. The van der Waals surface area contributed by atoms with Crippen LogP contribution < -0.4 is 10.1 Å². The van der Waals surface area contributed by atoms with E-state index >= 15 is 0 Å². The summed E-state index contributed by atoms with van der Waals surface area (Å²) in [6, 6.07) is 12.5. The van der Waals surface area contributed by atoms with Gasteiger partial charge < -0.3 is 19.2 Å². The molecule has 25 heavy (non-hydrogen) atoms. The van der Waals surface area contributed by atoms with Gasteiger partial charge in [-0.25, -0.2) is 0 Å². The maximum absolute atomic E-state index is 5.99. The fraction of sp³-hybridized carbons (Fsp3) is 0.524. The molecule has 4 heteroatoms. The molecule has 0 aliphatic carbocycles. The molecule has 4 nitrogen and oxygen atoms in total. The predicted octanol–water partition coefficient (Wildman–Crippen LogP) is 4.29. The summed E-state index contributed by atoms with van der Waals surface area (Å²) in [6.45, 7) is 6.91. The van der Waals surface area contributed by atoms with Crippen molar-refractivity contribution in [3.63, 3.8) is 0 Å². The predicted molar refractivity (Wildman–Crippen MR) is 99.0 cm³/mol. The Balaban J connectivity index is 1.71. The van der Waals surface area contributed by atoms with E-state index in [4.69, 9.17) is 13.9 Å². The molecule has 1 unspecified atom stereocenters. The fourth-order valence-corrected chi connectivity index (χ4v) is 3.98. The van der Waals surface area contributed by atoms with Crippen molar-refractivity contribution in [2.45, 2.75) is 50.7 Å². The topological polar surface area (TPSA) is 43.6 Å². The number of hydrogen-bond acceptors (Lipinski definition) is 4. The summed E-state index contributed by atoms with van der Waals surface area (Å²) in [5.74, 6) is 1.88. The Morgan fingerprint density at radius 2 is 1.96 bits per heavy atom. The highest BCUT2D eigenvalue weighted by molar-refractivity contribution is 5.33. The lowest BCUT2D eigenvalue weighted by atomic mass is 9.67. The summed E-state index contributed by atoms with van der Waals surface area (Å²) >= 11 is 0. The molecule has 0 saturated carbocycles. The number of ether oxygens (including phenoxy) is 2. The lowest BCUT2D eigenvalue weighted by molar-refractivity contribution is -0.0840. The normalized spacial score (nSPS) is 22.7. The number of benzene rings is 1. The van der Waals surface area contributed by atoms with Gasteiger partial charge >= 0.3 is 0 Å². The maximum Gasteiger partial charge on any atom is 0.118 e. The van der Waals surface area contributed by atoms with Gasteiger partial charge in [-0.15, -0.1) is 0 Å². The molecule has 0 amide bonds. The standard InChI is InChI=1S/C21H29NO3/c1-20(2)16-21(11-14-25-20,17-6-8-18(23-3)9-7-17)10-12-22-15-19-5-4-13-24-19/h4-9,13,22H,10-12,14-16H2,1-3H3. The maximum atomic E-state index is 5.99. The van der Waals surface area contributed by atoms with Crippen molar-refractivity contribution >= 4 is 0 Å².